The molecule has 0 radical (unpaired) electrons. The van der Waals surface area contributed by atoms with E-state index in [0.717, 1.165) is 25.5 Å². The lowest BCUT2D eigenvalue weighted by molar-refractivity contribution is -0.131. The number of carbonyl (C=O) groups is 1. The molecule has 5 nitrogen and oxygen atoms in total. The third-order valence-electron chi connectivity index (χ3n) is 3.34. The van der Waals surface area contributed by atoms with Gasteiger partial charge in [0.1, 0.15) is 4.75 Å². The van der Waals surface area contributed by atoms with Crippen LogP contribution >= 0.6 is 0 Å². The van der Waals surface area contributed by atoms with Crippen LogP contribution in [-0.4, -0.2) is 30.5 Å². The Balaban J connectivity index is 4.43. The van der Waals surface area contributed by atoms with Crippen molar-refractivity contribution in [1.82, 2.24) is 5.48 Å². The zero-order chi connectivity index (χ0) is 14.4. The van der Waals surface area contributed by atoms with Gasteiger partial charge in [-0.05, 0) is 19.3 Å². The molecule has 0 bridgehead atoms. The summed E-state index contributed by atoms with van der Waals surface area (Å²) in [6, 6.07) is 0. The summed E-state index contributed by atoms with van der Waals surface area (Å²) in [6.45, 7) is 5.63. The average molecular weight is 279 g/mol. The smallest absolute Gasteiger partial charge is 0.264 e. The fraction of sp³-hybridized carbons (Fsp3) is 0.917. The summed E-state index contributed by atoms with van der Waals surface area (Å²) in [5.41, 5.74) is 1.45. The van der Waals surface area contributed by atoms with Gasteiger partial charge in [0.25, 0.3) is 5.91 Å². The predicted octanol–water partition coefficient (Wildman–Crippen LogP) is 1.90. The highest BCUT2D eigenvalue weighted by Gasteiger charge is 2.42. The van der Waals surface area contributed by atoms with Crippen LogP contribution in [0.4, 0.5) is 0 Å². The number of hydrogen-bond acceptors (Lipinski definition) is 4. The molecule has 0 heterocycles. The normalized spacial score (nSPS) is 15.4. The molecule has 1 amide bonds. The molecule has 0 aliphatic heterocycles. The van der Waals surface area contributed by atoms with Gasteiger partial charge in [0.05, 0.1) is 0 Å². The van der Waals surface area contributed by atoms with E-state index < -0.39 is 20.5 Å². The number of sulfone groups is 1. The van der Waals surface area contributed by atoms with Gasteiger partial charge in [-0.2, -0.15) is 0 Å². The molecule has 0 saturated heterocycles. The Morgan fingerprint density at radius 1 is 1.28 bits per heavy atom. The van der Waals surface area contributed by atoms with Crippen molar-refractivity contribution in [3.05, 3.63) is 0 Å². The minimum absolute atomic E-state index is 0.232. The van der Waals surface area contributed by atoms with Crippen molar-refractivity contribution >= 4 is 15.7 Å². The third-order valence-corrected chi connectivity index (χ3v) is 5.36. The van der Waals surface area contributed by atoms with Crippen LogP contribution in [-0.2, 0) is 14.6 Å². The third kappa shape index (κ3) is 4.94. The monoisotopic (exact) mass is 279 g/mol. The van der Waals surface area contributed by atoms with E-state index in [1.54, 1.807) is 0 Å². The lowest BCUT2D eigenvalue weighted by Crippen LogP contribution is -2.49. The first-order valence-corrected chi connectivity index (χ1v) is 8.18. The van der Waals surface area contributed by atoms with Gasteiger partial charge in [-0.15, -0.1) is 0 Å². The van der Waals surface area contributed by atoms with E-state index in [-0.39, 0.29) is 6.42 Å². The van der Waals surface area contributed by atoms with Crippen molar-refractivity contribution in [2.75, 3.05) is 6.26 Å². The van der Waals surface area contributed by atoms with Gasteiger partial charge < -0.3 is 0 Å². The van der Waals surface area contributed by atoms with E-state index in [1.165, 1.54) is 12.4 Å². The van der Waals surface area contributed by atoms with Crippen molar-refractivity contribution < 1.29 is 18.4 Å². The molecule has 108 valence electrons. The number of carbonyl (C=O) groups excluding carboxylic acids is 1. The van der Waals surface area contributed by atoms with E-state index in [2.05, 4.69) is 13.8 Å². The Bertz CT molecular complexity index is 364. The first-order chi connectivity index (χ1) is 8.15. The summed E-state index contributed by atoms with van der Waals surface area (Å²) in [4.78, 5) is 11.5. The fourth-order valence-corrected chi connectivity index (χ4v) is 2.67. The van der Waals surface area contributed by atoms with Crippen LogP contribution in [0.2, 0.25) is 0 Å². The van der Waals surface area contributed by atoms with Crippen molar-refractivity contribution in [3.8, 4) is 0 Å². The second kappa shape index (κ2) is 7.09. The predicted molar refractivity (Wildman–Crippen MR) is 71.1 cm³/mol. The highest BCUT2D eigenvalue weighted by atomic mass is 32.2. The summed E-state index contributed by atoms with van der Waals surface area (Å²) in [5.74, 6) is -0.221. The maximum atomic E-state index is 11.7. The summed E-state index contributed by atoms with van der Waals surface area (Å²) in [7, 11) is -3.55. The van der Waals surface area contributed by atoms with Crippen molar-refractivity contribution in [2.24, 2.45) is 5.92 Å². The molecule has 18 heavy (non-hydrogen) atoms. The van der Waals surface area contributed by atoms with E-state index in [1.807, 2.05) is 0 Å². The zero-order valence-electron chi connectivity index (χ0n) is 11.7. The molecule has 0 rings (SSSR count). The Morgan fingerprint density at radius 3 is 2.22 bits per heavy atom. The van der Waals surface area contributed by atoms with E-state index >= 15 is 0 Å². The van der Waals surface area contributed by atoms with Crippen LogP contribution in [0.1, 0.15) is 52.9 Å². The zero-order valence-corrected chi connectivity index (χ0v) is 12.5. The van der Waals surface area contributed by atoms with Crippen LogP contribution in [0.3, 0.4) is 0 Å². The summed E-state index contributed by atoms with van der Waals surface area (Å²) in [6.07, 6.45) is 4.93. The number of hydrogen-bond donors (Lipinski definition) is 2. The van der Waals surface area contributed by atoms with Gasteiger partial charge in [-0.3, -0.25) is 10.0 Å². The lowest BCUT2D eigenvalue weighted by Gasteiger charge is -2.24. The second-order valence-electron chi connectivity index (χ2n) is 5.44. The number of hydroxylamine groups is 1. The Hall–Kier alpha value is -0.620. The SMILES string of the molecule is CC(C)CCCCC[C@](C)(C(=O)NO)S(C)(=O)=O. The lowest BCUT2D eigenvalue weighted by atomic mass is 9.99. The van der Waals surface area contributed by atoms with E-state index in [4.69, 9.17) is 5.21 Å². The van der Waals surface area contributed by atoms with Crippen LogP contribution in [0.15, 0.2) is 0 Å². The molecule has 0 unspecified atom stereocenters. The Morgan fingerprint density at radius 2 is 1.83 bits per heavy atom. The highest BCUT2D eigenvalue weighted by Crippen LogP contribution is 2.24. The van der Waals surface area contributed by atoms with E-state index in [0.29, 0.717) is 12.3 Å². The molecule has 2 N–H and O–H groups in total. The number of unbranched alkanes of at least 4 members (excludes halogenated alkanes) is 2. The molecule has 0 aromatic heterocycles. The molecule has 1 atom stereocenters. The van der Waals surface area contributed by atoms with E-state index in [9.17, 15) is 13.2 Å². The maximum Gasteiger partial charge on any atom is 0.264 e. The van der Waals surface area contributed by atoms with Crippen LogP contribution in [0.5, 0.6) is 0 Å². The van der Waals surface area contributed by atoms with Gasteiger partial charge in [0, 0.05) is 6.26 Å². The highest BCUT2D eigenvalue weighted by molar-refractivity contribution is 7.92. The molecular weight excluding hydrogens is 254 g/mol. The first-order valence-electron chi connectivity index (χ1n) is 6.29. The molecule has 0 saturated carbocycles. The largest absolute Gasteiger partial charge is 0.289 e. The molecule has 0 fully saturated rings. The maximum absolute atomic E-state index is 11.7. The summed E-state index contributed by atoms with van der Waals surface area (Å²) >= 11 is 0. The van der Waals surface area contributed by atoms with Gasteiger partial charge in [0.15, 0.2) is 9.84 Å². The summed E-state index contributed by atoms with van der Waals surface area (Å²) < 4.78 is 21.8. The van der Waals surface area contributed by atoms with Gasteiger partial charge in [0.2, 0.25) is 0 Å². The second-order valence-corrected chi connectivity index (χ2v) is 7.88. The molecule has 0 aromatic carbocycles. The number of rotatable bonds is 8. The minimum Gasteiger partial charge on any atom is -0.289 e. The number of amides is 1. The molecule has 6 heteroatoms. The quantitative estimate of drug-likeness (QED) is 0.404. The Kier molecular flexibility index (Phi) is 6.84. The molecule has 0 aliphatic carbocycles. The van der Waals surface area contributed by atoms with Gasteiger partial charge in [-0.1, -0.05) is 39.5 Å². The van der Waals surface area contributed by atoms with Crippen LogP contribution in [0.25, 0.3) is 0 Å². The van der Waals surface area contributed by atoms with Crippen molar-refractivity contribution in [2.45, 2.75) is 57.6 Å². The van der Waals surface area contributed by atoms with Gasteiger partial charge >= 0.3 is 0 Å². The Labute approximate surface area is 110 Å². The van der Waals surface area contributed by atoms with Crippen molar-refractivity contribution in [3.63, 3.8) is 0 Å². The topological polar surface area (TPSA) is 83.5 Å². The van der Waals surface area contributed by atoms with Crippen LogP contribution < -0.4 is 5.48 Å². The van der Waals surface area contributed by atoms with Crippen molar-refractivity contribution in [1.29, 1.82) is 0 Å². The molecular formula is C12H25NO4S. The van der Waals surface area contributed by atoms with Gasteiger partial charge in [-0.25, -0.2) is 13.9 Å². The number of nitrogens with one attached hydrogen (secondary N) is 1. The average Bonchev–Trinajstić information content (AvgIpc) is 2.25. The fourth-order valence-electron chi connectivity index (χ4n) is 1.78. The minimum atomic E-state index is -3.55. The summed E-state index contributed by atoms with van der Waals surface area (Å²) in [5, 5.41) is 8.65. The molecule has 0 aromatic rings. The molecule has 0 spiro atoms. The first kappa shape index (κ1) is 17.4. The molecule has 0 aliphatic rings. The standard InChI is InChI=1S/C12H25NO4S/c1-10(2)8-6-5-7-9-12(3,11(14)13-15)18(4,16)17/h10,15H,5-9H2,1-4H3,(H,13,14)/t12-/m1/s1. The van der Waals surface area contributed by atoms with Crippen LogP contribution in [0, 0.1) is 5.92 Å².